The predicted octanol–water partition coefficient (Wildman–Crippen LogP) is 17.7. The van der Waals surface area contributed by atoms with E-state index in [1.807, 2.05) is 36.4 Å². The van der Waals surface area contributed by atoms with E-state index in [2.05, 4.69) is 277 Å². The lowest BCUT2D eigenvalue weighted by molar-refractivity contribution is 0.661. The first-order valence-electron chi connectivity index (χ1n) is 29.3. The number of rotatable bonds is 8. The number of benzene rings is 12. The fourth-order valence-electron chi connectivity index (χ4n) is 14.2. The van der Waals surface area contributed by atoms with Crippen molar-refractivity contribution in [3.63, 3.8) is 0 Å². The Morgan fingerprint density at radius 1 is 0.318 bits per heavy atom. The van der Waals surface area contributed by atoms with Crippen LogP contribution in [0.3, 0.4) is 0 Å². The smallest absolute Gasteiger partial charge is 0.252 e. The van der Waals surface area contributed by atoms with Crippen LogP contribution >= 0.6 is 0 Å². The highest BCUT2D eigenvalue weighted by atomic mass is 15.2. The molecule has 0 radical (unpaired) electrons. The molecule has 2 aliphatic heterocycles. The largest absolute Gasteiger partial charge is 0.311 e. The summed E-state index contributed by atoms with van der Waals surface area (Å²) in [4.78, 5) is 21.0. The third kappa shape index (κ3) is 7.56. The summed E-state index contributed by atoms with van der Waals surface area (Å²) < 4.78 is 2.50. The minimum absolute atomic E-state index is 0.0604. The van der Waals surface area contributed by atoms with Crippen LogP contribution in [-0.2, 0) is 5.41 Å². The quantitative estimate of drug-likeness (QED) is 0.142. The molecule has 6 nitrogen and oxygen atoms in total. The molecule has 398 valence electrons. The molecular weight excluding hydrogens is 1030 g/mol. The molecule has 85 heavy (non-hydrogen) atoms. The molecule has 7 heteroatoms. The Hall–Kier alpha value is -10.9. The van der Waals surface area contributed by atoms with Crippen molar-refractivity contribution in [1.29, 1.82) is 0 Å². The third-order valence-corrected chi connectivity index (χ3v) is 18.0. The van der Waals surface area contributed by atoms with Crippen LogP contribution in [0.2, 0.25) is 0 Å². The zero-order valence-electron chi connectivity index (χ0n) is 46.9. The second-order valence-electron chi connectivity index (χ2n) is 23.1. The summed E-state index contributed by atoms with van der Waals surface area (Å²) in [6, 6.07) is 104. The number of anilines is 6. The maximum atomic E-state index is 5.43. The fraction of sp³-hybridized carbons (Fsp3) is 0.0385. The first kappa shape index (κ1) is 48.8. The van der Waals surface area contributed by atoms with Crippen molar-refractivity contribution in [2.75, 3.05) is 9.80 Å². The fourth-order valence-corrected chi connectivity index (χ4v) is 14.2. The van der Waals surface area contributed by atoms with Crippen LogP contribution in [0, 0.1) is 0 Å². The van der Waals surface area contributed by atoms with E-state index in [1.54, 1.807) is 0 Å². The molecule has 3 aliphatic rings. The molecule has 14 aromatic rings. The molecule has 2 aromatic heterocycles. The highest BCUT2D eigenvalue weighted by Crippen LogP contribution is 2.52. The van der Waals surface area contributed by atoms with Crippen LogP contribution in [-0.4, -0.2) is 26.2 Å². The lowest BCUT2D eigenvalue weighted by Gasteiger charge is -2.44. The molecular formula is C78H53BN6. The Balaban J connectivity index is 0.869. The van der Waals surface area contributed by atoms with Gasteiger partial charge in [-0.15, -0.1) is 0 Å². The van der Waals surface area contributed by atoms with Gasteiger partial charge in [-0.05, 0) is 134 Å². The topological polar surface area (TPSA) is 50.1 Å². The zero-order chi connectivity index (χ0) is 56.3. The van der Waals surface area contributed by atoms with Crippen LogP contribution in [0.25, 0.3) is 95.0 Å². The first-order valence-corrected chi connectivity index (χ1v) is 29.3. The highest BCUT2D eigenvalue weighted by molar-refractivity contribution is 7.00. The van der Waals surface area contributed by atoms with Gasteiger partial charge in [-0.25, -0.2) is 15.0 Å². The number of hydrogen-bond acceptors (Lipinski definition) is 5. The second kappa shape index (κ2) is 19.1. The van der Waals surface area contributed by atoms with Gasteiger partial charge in [0.2, 0.25) is 0 Å². The van der Waals surface area contributed by atoms with Gasteiger partial charge in [-0.3, -0.25) is 0 Å². The summed E-state index contributed by atoms with van der Waals surface area (Å²) in [5.41, 5.74) is 26.2. The molecule has 0 amide bonds. The summed E-state index contributed by atoms with van der Waals surface area (Å²) >= 11 is 0. The van der Waals surface area contributed by atoms with Gasteiger partial charge in [-0.1, -0.05) is 220 Å². The zero-order valence-corrected chi connectivity index (χ0v) is 46.9. The van der Waals surface area contributed by atoms with Crippen molar-refractivity contribution in [2.45, 2.75) is 19.3 Å². The molecule has 0 unspecified atom stereocenters. The van der Waals surface area contributed by atoms with Crippen molar-refractivity contribution in [1.82, 2.24) is 19.5 Å². The van der Waals surface area contributed by atoms with Crippen molar-refractivity contribution in [3.05, 3.63) is 296 Å². The Labute approximate surface area is 494 Å². The SMILES string of the molecule is CC1(C)c2ccccc2-c2cc3c4ccccc4n(-c4c(-c5cccc(-c6cccc(N7c8ccccc8B8c9ccccc9N(c9ccccc9)c9cccc7c98)c6)c5)cccc4-c4nc(-c5ccccc5)nc(-c5ccccc5)n4)c3cc21. The maximum absolute atomic E-state index is 5.43. The molecule has 4 heterocycles. The number of para-hydroxylation sites is 5. The summed E-state index contributed by atoms with van der Waals surface area (Å²) in [6.45, 7) is 4.79. The van der Waals surface area contributed by atoms with Crippen molar-refractivity contribution < 1.29 is 0 Å². The summed E-state index contributed by atoms with van der Waals surface area (Å²) in [6.07, 6.45) is 0. The molecule has 0 spiro atoms. The molecule has 1 aliphatic carbocycles. The van der Waals surface area contributed by atoms with Gasteiger partial charge in [0.1, 0.15) is 0 Å². The van der Waals surface area contributed by atoms with Gasteiger partial charge in [0.15, 0.2) is 17.5 Å². The average Bonchev–Trinajstić information content (AvgIpc) is 1.76. The molecule has 0 atom stereocenters. The van der Waals surface area contributed by atoms with Gasteiger partial charge in [0.25, 0.3) is 6.71 Å². The van der Waals surface area contributed by atoms with Gasteiger partial charge in [0, 0.05) is 72.6 Å². The van der Waals surface area contributed by atoms with E-state index < -0.39 is 0 Å². The second-order valence-corrected chi connectivity index (χ2v) is 23.1. The van der Waals surface area contributed by atoms with Crippen LogP contribution in [0.4, 0.5) is 34.1 Å². The molecule has 0 N–H and O–H groups in total. The number of nitrogens with zero attached hydrogens (tertiary/aromatic N) is 6. The Morgan fingerprint density at radius 3 is 1.53 bits per heavy atom. The van der Waals surface area contributed by atoms with Gasteiger partial charge in [-0.2, -0.15) is 0 Å². The van der Waals surface area contributed by atoms with Crippen molar-refractivity contribution in [2.24, 2.45) is 0 Å². The molecule has 0 bridgehead atoms. The maximum Gasteiger partial charge on any atom is 0.252 e. The van der Waals surface area contributed by atoms with Crippen LogP contribution in [0.15, 0.2) is 285 Å². The van der Waals surface area contributed by atoms with E-state index >= 15 is 0 Å². The third-order valence-electron chi connectivity index (χ3n) is 18.0. The van der Waals surface area contributed by atoms with E-state index in [0.29, 0.717) is 17.5 Å². The average molecular weight is 1090 g/mol. The summed E-state index contributed by atoms with van der Waals surface area (Å²) in [5.74, 6) is 1.82. The molecule has 12 aromatic carbocycles. The molecule has 0 fully saturated rings. The lowest BCUT2D eigenvalue weighted by atomic mass is 9.33. The Morgan fingerprint density at radius 2 is 0.812 bits per heavy atom. The monoisotopic (exact) mass is 1080 g/mol. The Kier molecular flexibility index (Phi) is 11.0. The van der Waals surface area contributed by atoms with E-state index in [1.165, 1.54) is 72.2 Å². The van der Waals surface area contributed by atoms with E-state index in [9.17, 15) is 0 Å². The van der Waals surface area contributed by atoms with Crippen LogP contribution in [0.1, 0.15) is 25.0 Å². The van der Waals surface area contributed by atoms with E-state index in [-0.39, 0.29) is 12.1 Å². The molecule has 0 saturated heterocycles. The number of fused-ring (bicyclic) bond motifs is 10. The van der Waals surface area contributed by atoms with E-state index in [4.69, 9.17) is 15.0 Å². The van der Waals surface area contributed by atoms with Crippen LogP contribution in [0.5, 0.6) is 0 Å². The summed E-state index contributed by atoms with van der Waals surface area (Å²) in [7, 11) is 0. The molecule has 17 rings (SSSR count). The minimum atomic E-state index is -0.220. The normalized spacial score (nSPS) is 13.3. The van der Waals surface area contributed by atoms with Gasteiger partial charge < -0.3 is 14.4 Å². The number of hydrogen-bond donors (Lipinski definition) is 0. The van der Waals surface area contributed by atoms with Gasteiger partial charge in [0.05, 0.1) is 16.7 Å². The number of aromatic nitrogens is 4. The predicted molar refractivity (Wildman–Crippen MR) is 353 cm³/mol. The standard InChI is InChI=1S/C78H53BN6/c1-78(2)63-38-14-12-34-58(63)61-48-62-59-35-13-17-41-67(59)85(72(62)49-64(61)78)74-57(36-22-37-60(74)77-81-75(50-24-6-3-7-25-50)80-76(82-77)51-26-8-4-9-27-51)54-30-20-28-52(46-54)53-29-21-33-56(47-53)84-69-43-19-16-40-66(69)79-65-39-15-18-42-68(65)83(55-31-10-5-11-32-55)70-44-23-45-71(84)73(70)79/h3-49H,1-2H3. The van der Waals surface area contributed by atoms with Crippen molar-refractivity contribution >= 4 is 79.0 Å². The highest BCUT2D eigenvalue weighted by Gasteiger charge is 2.43. The summed E-state index contributed by atoms with van der Waals surface area (Å²) in [5, 5.41) is 2.38. The van der Waals surface area contributed by atoms with Gasteiger partial charge >= 0.3 is 0 Å². The van der Waals surface area contributed by atoms with Crippen molar-refractivity contribution in [3.8, 4) is 73.2 Å². The van der Waals surface area contributed by atoms with E-state index in [0.717, 1.165) is 67.0 Å². The lowest BCUT2D eigenvalue weighted by Crippen LogP contribution is -2.61. The molecule has 0 saturated carbocycles. The van der Waals surface area contributed by atoms with Crippen LogP contribution < -0.4 is 26.2 Å². The first-order chi connectivity index (χ1) is 41.9. The minimum Gasteiger partial charge on any atom is -0.311 e. The Bertz CT molecular complexity index is 4960.